The number of ether oxygens (including phenoxy) is 2. The minimum absolute atomic E-state index is 0.00378. The Hall–Kier alpha value is -4.26. The third kappa shape index (κ3) is 6.30. The summed E-state index contributed by atoms with van der Waals surface area (Å²) >= 11 is 0. The summed E-state index contributed by atoms with van der Waals surface area (Å²) in [4.78, 5) is 17.8. The summed E-state index contributed by atoms with van der Waals surface area (Å²) < 4.78 is 11.8. The molecular weight excluding hydrogens is 464 g/mol. The summed E-state index contributed by atoms with van der Waals surface area (Å²) in [7, 11) is 0. The van der Waals surface area contributed by atoms with Gasteiger partial charge in [0.1, 0.15) is 11.9 Å². The summed E-state index contributed by atoms with van der Waals surface area (Å²) in [5.41, 5.74) is 9.77. The molecule has 0 aliphatic carbocycles. The minimum atomic E-state index is -0.673. The molecule has 0 spiro atoms. The van der Waals surface area contributed by atoms with Gasteiger partial charge in [-0.2, -0.15) is 0 Å². The molecule has 1 atom stereocenters. The number of pyridine rings is 1. The van der Waals surface area contributed by atoms with Crippen molar-refractivity contribution < 1.29 is 14.3 Å². The van der Waals surface area contributed by atoms with Crippen molar-refractivity contribution in [2.45, 2.75) is 46.4 Å². The number of aromatic nitrogens is 1. The van der Waals surface area contributed by atoms with E-state index in [1.165, 1.54) is 0 Å². The number of anilines is 2. The number of hydrogen-bond donors (Lipinski definition) is 3. The first-order chi connectivity index (χ1) is 17.9. The van der Waals surface area contributed by atoms with E-state index in [9.17, 15) is 4.79 Å². The second-order valence-electron chi connectivity index (χ2n) is 9.16. The smallest absolute Gasteiger partial charge is 0.247 e. The first-order valence-corrected chi connectivity index (χ1v) is 12.5. The predicted octanol–water partition coefficient (Wildman–Crippen LogP) is 5.78. The molecule has 4 N–H and O–H groups in total. The van der Waals surface area contributed by atoms with Crippen LogP contribution in [-0.4, -0.2) is 23.6 Å². The summed E-state index contributed by atoms with van der Waals surface area (Å²) in [6.45, 7) is 8.80. The first-order valence-electron chi connectivity index (χ1n) is 12.5. The second-order valence-corrected chi connectivity index (χ2v) is 9.16. The van der Waals surface area contributed by atoms with Crippen LogP contribution >= 0.6 is 0 Å². The van der Waals surface area contributed by atoms with E-state index in [1.54, 1.807) is 6.20 Å². The van der Waals surface area contributed by atoms with Crippen molar-refractivity contribution in [3.05, 3.63) is 89.6 Å². The van der Waals surface area contributed by atoms with Crippen molar-refractivity contribution in [1.82, 2.24) is 10.3 Å². The fraction of sp³-hybridized carbons (Fsp3) is 0.267. The Kier molecular flexibility index (Phi) is 8.13. The van der Waals surface area contributed by atoms with E-state index in [1.807, 2.05) is 94.4 Å². The summed E-state index contributed by atoms with van der Waals surface area (Å²) in [6.07, 6.45) is 1.67. The molecule has 0 fully saturated rings. The molecule has 0 radical (unpaired) electrons. The molecule has 1 heterocycles. The van der Waals surface area contributed by atoms with Gasteiger partial charge in [-0.3, -0.25) is 4.79 Å². The lowest BCUT2D eigenvalue weighted by molar-refractivity contribution is -0.122. The molecule has 1 unspecified atom stereocenters. The Balaban J connectivity index is 1.67. The highest BCUT2D eigenvalue weighted by molar-refractivity contribution is 5.94. The lowest BCUT2D eigenvalue weighted by Crippen LogP contribution is -2.33. The molecule has 0 bridgehead atoms. The Labute approximate surface area is 218 Å². The van der Waals surface area contributed by atoms with E-state index in [0.29, 0.717) is 30.5 Å². The molecule has 0 saturated carbocycles. The van der Waals surface area contributed by atoms with Crippen molar-refractivity contribution in [1.29, 1.82) is 0 Å². The van der Waals surface area contributed by atoms with Gasteiger partial charge in [-0.15, -0.1) is 0 Å². The molecule has 4 aromatic rings. The van der Waals surface area contributed by atoms with E-state index in [4.69, 9.17) is 15.2 Å². The molecule has 7 heteroatoms. The van der Waals surface area contributed by atoms with Gasteiger partial charge in [0.2, 0.25) is 5.91 Å². The fourth-order valence-electron chi connectivity index (χ4n) is 4.17. The van der Waals surface area contributed by atoms with Gasteiger partial charge in [0.25, 0.3) is 0 Å². The molecule has 4 rings (SSSR count). The van der Waals surface area contributed by atoms with Gasteiger partial charge in [-0.1, -0.05) is 30.3 Å². The second kappa shape index (κ2) is 11.6. The van der Waals surface area contributed by atoms with E-state index in [0.717, 1.165) is 33.2 Å². The number of nitrogen functional groups attached to an aromatic ring is 1. The average molecular weight is 499 g/mol. The van der Waals surface area contributed by atoms with Gasteiger partial charge < -0.3 is 25.8 Å². The molecule has 1 amide bonds. The predicted molar refractivity (Wildman–Crippen MR) is 149 cm³/mol. The number of hydrogen-bond acceptors (Lipinski definition) is 6. The number of rotatable bonds is 10. The highest BCUT2D eigenvalue weighted by Crippen LogP contribution is 2.33. The van der Waals surface area contributed by atoms with Crippen LogP contribution in [0.5, 0.6) is 11.5 Å². The molecule has 0 aliphatic rings. The highest BCUT2D eigenvalue weighted by atomic mass is 16.5. The molecule has 0 aliphatic heterocycles. The number of fused-ring (bicyclic) bond motifs is 1. The number of nitrogens with one attached hydrogen (secondary N) is 2. The zero-order valence-electron chi connectivity index (χ0n) is 21.7. The highest BCUT2D eigenvalue weighted by Gasteiger charge is 2.23. The minimum Gasteiger partial charge on any atom is -0.490 e. The monoisotopic (exact) mass is 498 g/mol. The van der Waals surface area contributed by atoms with Crippen LogP contribution in [0.25, 0.3) is 10.8 Å². The Morgan fingerprint density at radius 3 is 2.59 bits per heavy atom. The van der Waals surface area contributed by atoms with Crippen LogP contribution < -0.4 is 25.8 Å². The summed E-state index contributed by atoms with van der Waals surface area (Å²) in [6, 6.07) is 20.6. The molecule has 192 valence electrons. The van der Waals surface area contributed by atoms with Gasteiger partial charge >= 0.3 is 0 Å². The summed E-state index contributed by atoms with van der Waals surface area (Å²) in [5, 5.41) is 8.32. The number of aryl methyl sites for hydroxylation is 1. The quantitative estimate of drug-likeness (QED) is 0.256. The van der Waals surface area contributed by atoms with Gasteiger partial charge in [0.05, 0.1) is 12.7 Å². The summed E-state index contributed by atoms with van der Waals surface area (Å²) in [5.74, 6) is 1.56. The third-order valence-electron chi connectivity index (χ3n) is 6.05. The average Bonchev–Trinajstić information content (AvgIpc) is 2.88. The molecule has 7 nitrogen and oxygen atoms in total. The number of amides is 1. The number of nitrogens with zero attached hydrogens (tertiary/aromatic N) is 1. The van der Waals surface area contributed by atoms with Crippen LogP contribution in [0.4, 0.5) is 11.5 Å². The molecule has 0 saturated heterocycles. The Morgan fingerprint density at radius 2 is 1.84 bits per heavy atom. The van der Waals surface area contributed by atoms with Gasteiger partial charge in [-0.25, -0.2) is 4.98 Å². The van der Waals surface area contributed by atoms with E-state index in [2.05, 4.69) is 15.6 Å². The number of carbonyl (C=O) groups excluding carboxylic acids is 1. The Bertz CT molecular complexity index is 1390. The van der Waals surface area contributed by atoms with E-state index in [-0.39, 0.29) is 12.0 Å². The molecule has 1 aromatic heterocycles. The van der Waals surface area contributed by atoms with Crippen LogP contribution in [0, 0.1) is 6.92 Å². The normalized spacial score (nSPS) is 11.8. The third-order valence-corrected chi connectivity index (χ3v) is 6.05. The topological polar surface area (TPSA) is 98.5 Å². The lowest BCUT2D eigenvalue weighted by atomic mass is 10.0. The number of carbonyl (C=O) groups is 1. The Morgan fingerprint density at radius 1 is 1.03 bits per heavy atom. The SMILES string of the molecule is CCOc1cc(C(Nc2ccc3c(N)nccc3c2)C(=O)NCc2ccccc2C)ccc1OC(C)C. The maximum absolute atomic E-state index is 13.6. The molecule has 3 aromatic carbocycles. The van der Waals surface area contributed by atoms with Crippen LogP contribution in [0.15, 0.2) is 72.9 Å². The maximum Gasteiger partial charge on any atom is 0.247 e. The van der Waals surface area contributed by atoms with Crippen LogP contribution in [0.1, 0.15) is 43.5 Å². The number of nitrogens with two attached hydrogens (primary N) is 1. The molecule has 37 heavy (non-hydrogen) atoms. The van der Waals surface area contributed by atoms with Crippen LogP contribution in [0.2, 0.25) is 0 Å². The van der Waals surface area contributed by atoms with Crippen molar-refractivity contribution in [3.8, 4) is 11.5 Å². The molecular formula is C30H34N4O3. The standard InChI is InChI=1S/C30H34N4O3/c1-5-36-27-17-22(10-13-26(27)37-19(2)3)28(30(35)33-18-23-9-7-6-8-20(23)4)34-24-11-12-25-21(16-24)14-15-32-29(25)31/h6-17,19,28,34H,5,18H2,1-4H3,(H2,31,32)(H,33,35). The largest absolute Gasteiger partial charge is 0.490 e. The zero-order valence-corrected chi connectivity index (χ0v) is 21.7. The maximum atomic E-state index is 13.6. The van der Waals surface area contributed by atoms with E-state index < -0.39 is 6.04 Å². The van der Waals surface area contributed by atoms with Gasteiger partial charge in [0.15, 0.2) is 11.5 Å². The van der Waals surface area contributed by atoms with Crippen molar-refractivity contribution in [2.75, 3.05) is 17.7 Å². The van der Waals surface area contributed by atoms with Crippen molar-refractivity contribution in [2.24, 2.45) is 0 Å². The lowest BCUT2D eigenvalue weighted by Gasteiger charge is -2.22. The van der Waals surface area contributed by atoms with Gasteiger partial charge in [-0.05, 0) is 86.2 Å². The van der Waals surface area contributed by atoms with E-state index >= 15 is 0 Å². The fourth-order valence-corrected chi connectivity index (χ4v) is 4.17. The number of benzene rings is 3. The zero-order chi connectivity index (χ0) is 26.4. The van der Waals surface area contributed by atoms with Crippen molar-refractivity contribution in [3.63, 3.8) is 0 Å². The first kappa shape index (κ1) is 25.8. The van der Waals surface area contributed by atoms with Crippen molar-refractivity contribution >= 4 is 28.2 Å². The van der Waals surface area contributed by atoms with Crippen LogP contribution in [-0.2, 0) is 11.3 Å². The van der Waals surface area contributed by atoms with Crippen LogP contribution in [0.3, 0.4) is 0 Å². The van der Waals surface area contributed by atoms with Gasteiger partial charge in [0, 0.05) is 23.8 Å².